The molecule has 4 nitrogen and oxygen atoms in total. The molecule has 3 rings (SSSR count). The fraction of sp³-hybridized carbons (Fsp3) is 0.364. The number of benzene rings is 2. The van der Waals surface area contributed by atoms with Crippen molar-refractivity contribution in [1.82, 2.24) is 9.55 Å². The standard InChI is InChI=1S/C22H23BrF2N2O2/c1-4-29-21(28)12-22(2,3)11-20-26-18-10-16(24)7-8-19(18)27(20)13-14-5-6-15(23)9-17(14)25/h5-10H,4,11-13H2,1-3H3. The summed E-state index contributed by atoms with van der Waals surface area (Å²) in [5.41, 5.74) is 1.30. The topological polar surface area (TPSA) is 44.1 Å². The third-order valence-corrected chi connectivity index (χ3v) is 5.19. The first-order valence-corrected chi connectivity index (χ1v) is 10.2. The third kappa shape index (κ3) is 5.21. The van der Waals surface area contributed by atoms with E-state index in [9.17, 15) is 13.6 Å². The Balaban J connectivity index is 1.99. The number of ether oxygens (including phenoxy) is 1. The normalized spacial score (nSPS) is 11.8. The van der Waals surface area contributed by atoms with Gasteiger partial charge < -0.3 is 9.30 Å². The van der Waals surface area contributed by atoms with Crippen LogP contribution in [0.5, 0.6) is 0 Å². The highest BCUT2D eigenvalue weighted by Crippen LogP contribution is 2.29. The number of halogens is 3. The number of rotatable bonds is 7. The lowest BCUT2D eigenvalue weighted by Crippen LogP contribution is -2.23. The number of esters is 1. The van der Waals surface area contributed by atoms with Gasteiger partial charge in [-0.3, -0.25) is 4.79 Å². The van der Waals surface area contributed by atoms with Crippen molar-refractivity contribution in [1.29, 1.82) is 0 Å². The quantitative estimate of drug-likeness (QED) is 0.424. The van der Waals surface area contributed by atoms with Gasteiger partial charge in [0.2, 0.25) is 0 Å². The molecule has 3 aromatic rings. The van der Waals surface area contributed by atoms with Crippen LogP contribution in [0.4, 0.5) is 8.78 Å². The van der Waals surface area contributed by atoms with Crippen molar-refractivity contribution in [3.63, 3.8) is 0 Å². The van der Waals surface area contributed by atoms with Gasteiger partial charge in [0.25, 0.3) is 0 Å². The predicted molar refractivity (Wildman–Crippen MR) is 112 cm³/mol. The molecule has 0 spiro atoms. The molecule has 0 N–H and O–H groups in total. The summed E-state index contributed by atoms with van der Waals surface area (Å²) in [6.45, 7) is 6.26. The zero-order chi connectivity index (χ0) is 21.2. The van der Waals surface area contributed by atoms with Gasteiger partial charge in [0.1, 0.15) is 17.5 Å². The summed E-state index contributed by atoms with van der Waals surface area (Å²) < 4.78 is 35.8. The van der Waals surface area contributed by atoms with Crippen molar-refractivity contribution < 1.29 is 18.3 Å². The third-order valence-electron chi connectivity index (χ3n) is 4.70. The molecule has 7 heteroatoms. The molecule has 0 fully saturated rings. The van der Waals surface area contributed by atoms with Gasteiger partial charge in [-0.25, -0.2) is 13.8 Å². The van der Waals surface area contributed by atoms with E-state index in [-0.39, 0.29) is 30.6 Å². The molecule has 0 atom stereocenters. The maximum Gasteiger partial charge on any atom is 0.306 e. The minimum absolute atomic E-state index is 0.227. The first kappa shape index (κ1) is 21.4. The highest BCUT2D eigenvalue weighted by atomic mass is 79.9. The van der Waals surface area contributed by atoms with Crippen LogP contribution in [-0.4, -0.2) is 22.1 Å². The van der Waals surface area contributed by atoms with E-state index in [0.717, 1.165) is 5.52 Å². The van der Waals surface area contributed by atoms with Crippen LogP contribution in [0.15, 0.2) is 40.9 Å². The van der Waals surface area contributed by atoms with Crippen LogP contribution in [0.25, 0.3) is 11.0 Å². The Bertz CT molecular complexity index is 1050. The van der Waals surface area contributed by atoms with Crippen LogP contribution in [-0.2, 0) is 22.5 Å². The summed E-state index contributed by atoms with van der Waals surface area (Å²) >= 11 is 3.27. The van der Waals surface area contributed by atoms with Gasteiger partial charge in [-0.05, 0) is 36.6 Å². The molecule has 0 bridgehead atoms. The minimum atomic E-state index is -0.428. The van der Waals surface area contributed by atoms with E-state index >= 15 is 0 Å². The van der Waals surface area contributed by atoms with E-state index in [1.54, 1.807) is 25.1 Å². The van der Waals surface area contributed by atoms with Crippen molar-refractivity contribution >= 4 is 32.9 Å². The first-order valence-electron chi connectivity index (χ1n) is 9.43. The minimum Gasteiger partial charge on any atom is -0.466 e. The van der Waals surface area contributed by atoms with Crippen molar-refractivity contribution in [3.8, 4) is 0 Å². The molecule has 0 saturated heterocycles. The summed E-state index contributed by atoms with van der Waals surface area (Å²) in [5.74, 6) is -0.318. The summed E-state index contributed by atoms with van der Waals surface area (Å²) in [6.07, 6.45) is 0.686. The number of carbonyl (C=O) groups is 1. The smallest absolute Gasteiger partial charge is 0.306 e. The lowest BCUT2D eigenvalue weighted by atomic mass is 9.85. The average Bonchev–Trinajstić information content (AvgIpc) is 2.92. The van der Waals surface area contributed by atoms with E-state index < -0.39 is 5.41 Å². The Morgan fingerprint density at radius 1 is 1.21 bits per heavy atom. The molecule has 0 radical (unpaired) electrons. The van der Waals surface area contributed by atoms with E-state index in [2.05, 4.69) is 20.9 Å². The molecular formula is C22H23BrF2N2O2. The van der Waals surface area contributed by atoms with E-state index in [0.29, 0.717) is 34.4 Å². The maximum atomic E-state index is 14.4. The Kier molecular flexibility index (Phi) is 6.36. The van der Waals surface area contributed by atoms with Gasteiger partial charge in [0.05, 0.1) is 30.6 Å². The van der Waals surface area contributed by atoms with Crippen LogP contribution in [0.3, 0.4) is 0 Å². The lowest BCUT2D eigenvalue weighted by Gasteiger charge is -2.23. The molecule has 0 unspecified atom stereocenters. The zero-order valence-corrected chi connectivity index (χ0v) is 18.2. The molecule has 29 heavy (non-hydrogen) atoms. The van der Waals surface area contributed by atoms with Gasteiger partial charge in [0, 0.05) is 22.5 Å². The van der Waals surface area contributed by atoms with Crippen molar-refractivity contribution in [2.24, 2.45) is 5.41 Å². The molecule has 154 valence electrons. The van der Waals surface area contributed by atoms with E-state index in [1.807, 2.05) is 18.4 Å². The molecule has 1 aromatic heterocycles. The zero-order valence-electron chi connectivity index (χ0n) is 16.6. The summed E-state index contributed by atoms with van der Waals surface area (Å²) in [7, 11) is 0. The number of hydrogen-bond donors (Lipinski definition) is 0. The molecule has 0 aliphatic rings. The Labute approximate surface area is 177 Å². The van der Waals surface area contributed by atoms with Crippen molar-refractivity contribution in [2.45, 2.75) is 40.2 Å². The van der Waals surface area contributed by atoms with Crippen molar-refractivity contribution in [2.75, 3.05) is 6.61 Å². The molecule has 2 aromatic carbocycles. The molecule has 0 aliphatic carbocycles. The highest BCUT2D eigenvalue weighted by Gasteiger charge is 2.27. The van der Waals surface area contributed by atoms with Gasteiger partial charge in [-0.2, -0.15) is 0 Å². The number of fused-ring (bicyclic) bond motifs is 1. The lowest BCUT2D eigenvalue weighted by molar-refractivity contribution is -0.145. The fourth-order valence-electron chi connectivity index (χ4n) is 3.38. The molecular weight excluding hydrogens is 442 g/mol. The highest BCUT2D eigenvalue weighted by molar-refractivity contribution is 9.10. The predicted octanol–water partition coefficient (Wildman–Crippen LogP) is 5.65. The van der Waals surface area contributed by atoms with Crippen LogP contribution in [0.2, 0.25) is 0 Å². The van der Waals surface area contributed by atoms with Crippen LogP contribution in [0, 0.1) is 17.0 Å². The number of carbonyl (C=O) groups excluding carboxylic acids is 1. The second-order valence-corrected chi connectivity index (χ2v) is 8.72. The number of nitrogens with zero attached hydrogens (tertiary/aromatic N) is 2. The maximum absolute atomic E-state index is 14.4. The average molecular weight is 465 g/mol. The largest absolute Gasteiger partial charge is 0.466 e. The summed E-state index contributed by atoms with van der Waals surface area (Å²) in [6, 6.07) is 9.29. The van der Waals surface area contributed by atoms with Crippen LogP contribution >= 0.6 is 15.9 Å². The van der Waals surface area contributed by atoms with Crippen molar-refractivity contribution in [3.05, 3.63) is 63.9 Å². The number of hydrogen-bond acceptors (Lipinski definition) is 3. The van der Waals surface area contributed by atoms with Crippen LogP contribution < -0.4 is 0 Å². The molecule has 0 aliphatic heterocycles. The fourth-order valence-corrected chi connectivity index (χ4v) is 3.71. The second-order valence-electron chi connectivity index (χ2n) is 7.81. The summed E-state index contributed by atoms with van der Waals surface area (Å²) in [4.78, 5) is 16.6. The Morgan fingerprint density at radius 2 is 1.97 bits per heavy atom. The SMILES string of the molecule is CCOC(=O)CC(C)(C)Cc1nc2cc(F)ccc2n1Cc1ccc(Br)cc1F. The van der Waals surface area contributed by atoms with Gasteiger partial charge in [-0.15, -0.1) is 0 Å². The van der Waals surface area contributed by atoms with Crippen LogP contribution in [0.1, 0.15) is 38.6 Å². The molecule has 0 amide bonds. The van der Waals surface area contributed by atoms with Gasteiger partial charge in [-0.1, -0.05) is 35.8 Å². The monoisotopic (exact) mass is 464 g/mol. The van der Waals surface area contributed by atoms with Gasteiger partial charge >= 0.3 is 5.97 Å². The van der Waals surface area contributed by atoms with Gasteiger partial charge in [0.15, 0.2) is 0 Å². The molecule has 1 heterocycles. The van der Waals surface area contributed by atoms with E-state index in [4.69, 9.17) is 4.74 Å². The van der Waals surface area contributed by atoms with E-state index in [1.165, 1.54) is 18.2 Å². The second kappa shape index (κ2) is 8.61. The number of imidazole rings is 1. The Hall–Kier alpha value is -2.28. The molecule has 0 saturated carbocycles. The summed E-state index contributed by atoms with van der Waals surface area (Å²) in [5, 5.41) is 0. The number of aromatic nitrogens is 2. The first-order chi connectivity index (χ1) is 13.7. The Morgan fingerprint density at radius 3 is 2.66 bits per heavy atom.